The molecule has 1 unspecified atom stereocenters. The molecule has 0 saturated heterocycles. The fourth-order valence-corrected chi connectivity index (χ4v) is 4.10. The number of benzene rings is 2. The minimum Gasteiger partial charge on any atom is -0.466 e. The molecule has 186 valence electrons. The number of nitrogens with zero attached hydrogens (tertiary/aromatic N) is 2. The first-order valence-corrected chi connectivity index (χ1v) is 11.2. The summed E-state index contributed by atoms with van der Waals surface area (Å²) >= 11 is 0. The number of carbonyl (C=O) groups is 3. The van der Waals surface area contributed by atoms with Crippen LogP contribution in [0, 0.1) is 18.3 Å². The highest BCUT2D eigenvalue weighted by Crippen LogP contribution is 2.43. The highest BCUT2D eigenvalue weighted by atomic mass is 16.5. The van der Waals surface area contributed by atoms with Gasteiger partial charge < -0.3 is 20.5 Å². The molecule has 9 nitrogen and oxygen atoms in total. The van der Waals surface area contributed by atoms with Gasteiger partial charge in [0.15, 0.2) is 0 Å². The van der Waals surface area contributed by atoms with E-state index in [1.165, 1.54) is 19.1 Å². The fraction of sp³-hybridized carbons (Fsp3) is 0.259. The molecular weight excluding hydrogens is 460 g/mol. The number of nitrogens with two attached hydrogens (primary N) is 1. The van der Waals surface area contributed by atoms with Crippen molar-refractivity contribution in [1.82, 2.24) is 5.32 Å². The van der Waals surface area contributed by atoms with Crippen molar-refractivity contribution in [2.75, 3.05) is 19.1 Å². The zero-order valence-corrected chi connectivity index (χ0v) is 20.8. The maximum Gasteiger partial charge on any atom is 0.355 e. The molecular formula is C27H28N4O5. The molecule has 1 atom stereocenters. The van der Waals surface area contributed by atoms with E-state index in [2.05, 4.69) is 11.4 Å². The smallest absolute Gasteiger partial charge is 0.355 e. The van der Waals surface area contributed by atoms with Gasteiger partial charge in [-0.25, -0.2) is 9.59 Å². The molecule has 36 heavy (non-hydrogen) atoms. The lowest BCUT2D eigenvalue weighted by molar-refractivity contribution is -0.139. The number of allylic oxidation sites excluding steroid dienone is 1. The van der Waals surface area contributed by atoms with Crippen LogP contribution in [0.2, 0.25) is 0 Å². The number of anilines is 1. The quantitative estimate of drug-likeness (QED) is 0.593. The highest BCUT2D eigenvalue weighted by Gasteiger charge is 2.43. The molecule has 0 aromatic heterocycles. The molecule has 1 amide bonds. The summed E-state index contributed by atoms with van der Waals surface area (Å²) in [5, 5.41) is 13.0. The summed E-state index contributed by atoms with van der Waals surface area (Å²) in [7, 11) is 2.37. The summed E-state index contributed by atoms with van der Waals surface area (Å²) in [6.45, 7) is 5.43. The summed E-state index contributed by atoms with van der Waals surface area (Å²) in [4.78, 5) is 40.4. The van der Waals surface area contributed by atoms with Crippen molar-refractivity contribution in [3.63, 3.8) is 0 Å². The van der Waals surface area contributed by atoms with E-state index < -0.39 is 17.9 Å². The lowest BCUT2D eigenvalue weighted by Crippen LogP contribution is -2.41. The zero-order chi connectivity index (χ0) is 26.6. The van der Waals surface area contributed by atoms with E-state index in [9.17, 15) is 19.6 Å². The largest absolute Gasteiger partial charge is 0.466 e. The van der Waals surface area contributed by atoms with Crippen molar-refractivity contribution in [3.05, 3.63) is 87.9 Å². The van der Waals surface area contributed by atoms with Crippen molar-refractivity contribution in [1.29, 1.82) is 5.26 Å². The molecule has 2 aromatic carbocycles. The molecule has 1 aliphatic heterocycles. The second-order valence-corrected chi connectivity index (χ2v) is 8.46. The first kappa shape index (κ1) is 26.0. The zero-order valence-electron chi connectivity index (χ0n) is 20.8. The normalized spacial score (nSPS) is 15.5. The van der Waals surface area contributed by atoms with E-state index in [0.29, 0.717) is 22.4 Å². The van der Waals surface area contributed by atoms with Gasteiger partial charge in [0.05, 0.1) is 43.0 Å². The topological polar surface area (TPSA) is 135 Å². The Kier molecular flexibility index (Phi) is 7.80. The summed E-state index contributed by atoms with van der Waals surface area (Å²) in [5.41, 5.74) is 8.15. The van der Waals surface area contributed by atoms with Crippen LogP contribution in [0.25, 0.3) is 0 Å². The number of esters is 2. The SMILES string of the molecule is COC(=O)C1=C(C(=O)OC)N(c2cc(C(=O)NC(C)C)ccc2C)C(N)=C(C#N)C1c1ccccc1. The van der Waals surface area contributed by atoms with E-state index in [4.69, 9.17) is 15.2 Å². The van der Waals surface area contributed by atoms with Gasteiger partial charge in [-0.15, -0.1) is 0 Å². The van der Waals surface area contributed by atoms with Crippen molar-refractivity contribution in [2.24, 2.45) is 5.73 Å². The fourth-order valence-electron chi connectivity index (χ4n) is 4.10. The highest BCUT2D eigenvalue weighted by molar-refractivity contribution is 6.07. The lowest BCUT2D eigenvalue weighted by Gasteiger charge is -2.36. The monoisotopic (exact) mass is 488 g/mol. The van der Waals surface area contributed by atoms with Gasteiger partial charge in [0.1, 0.15) is 11.5 Å². The number of aryl methyl sites for hydroxylation is 1. The maximum absolute atomic E-state index is 13.2. The van der Waals surface area contributed by atoms with Crippen molar-refractivity contribution in [2.45, 2.75) is 32.7 Å². The molecule has 3 N–H and O–H groups in total. The number of ether oxygens (including phenoxy) is 2. The Morgan fingerprint density at radius 2 is 1.69 bits per heavy atom. The van der Waals surface area contributed by atoms with Crippen LogP contribution >= 0.6 is 0 Å². The second-order valence-electron chi connectivity index (χ2n) is 8.46. The number of nitriles is 1. The maximum atomic E-state index is 13.2. The van der Waals surface area contributed by atoms with Gasteiger partial charge in [0, 0.05) is 11.6 Å². The van der Waals surface area contributed by atoms with Gasteiger partial charge in [-0.3, -0.25) is 9.69 Å². The van der Waals surface area contributed by atoms with E-state index in [-0.39, 0.29) is 34.6 Å². The number of rotatable bonds is 6. The van der Waals surface area contributed by atoms with Crippen LogP contribution in [0.4, 0.5) is 5.69 Å². The van der Waals surface area contributed by atoms with Crippen LogP contribution in [-0.4, -0.2) is 38.1 Å². The van der Waals surface area contributed by atoms with Gasteiger partial charge >= 0.3 is 11.9 Å². The average molecular weight is 489 g/mol. The third-order valence-electron chi connectivity index (χ3n) is 5.74. The van der Waals surface area contributed by atoms with E-state index in [0.717, 1.165) is 0 Å². The third-order valence-corrected chi connectivity index (χ3v) is 5.74. The van der Waals surface area contributed by atoms with Crippen molar-refractivity contribution >= 4 is 23.5 Å². The van der Waals surface area contributed by atoms with E-state index in [1.54, 1.807) is 55.5 Å². The third kappa shape index (κ3) is 4.79. The standard InChI is InChI=1S/C27H28N4O5/c1-15(2)30-25(32)18-12-11-16(3)20(13-18)31-23(27(34)36-5)22(26(33)35-4)21(19(14-28)24(31)29)17-9-7-6-8-10-17/h6-13,15,21H,29H2,1-5H3,(H,30,32). The number of nitrogens with one attached hydrogen (secondary N) is 1. The second kappa shape index (κ2) is 10.8. The molecule has 3 rings (SSSR count). The Hall–Kier alpha value is -4.58. The number of hydrogen-bond acceptors (Lipinski definition) is 8. The summed E-state index contributed by atoms with van der Waals surface area (Å²) < 4.78 is 10.1. The Labute approximate surface area is 209 Å². The molecule has 0 fully saturated rings. The first-order chi connectivity index (χ1) is 17.2. The first-order valence-electron chi connectivity index (χ1n) is 11.2. The molecule has 2 aromatic rings. The predicted molar refractivity (Wildman–Crippen MR) is 133 cm³/mol. The molecule has 1 aliphatic rings. The minimum atomic E-state index is -0.971. The number of hydrogen-bond donors (Lipinski definition) is 2. The molecule has 0 spiro atoms. The lowest BCUT2D eigenvalue weighted by atomic mass is 9.80. The van der Waals surface area contributed by atoms with Crippen LogP contribution in [0.1, 0.15) is 41.3 Å². The average Bonchev–Trinajstić information content (AvgIpc) is 2.87. The molecule has 9 heteroatoms. The van der Waals surface area contributed by atoms with Crippen LogP contribution in [0.15, 0.2) is 71.2 Å². The van der Waals surface area contributed by atoms with Crippen molar-refractivity contribution < 1.29 is 23.9 Å². The van der Waals surface area contributed by atoms with E-state index in [1.807, 2.05) is 13.8 Å². The van der Waals surface area contributed by atoms with Gasteiger partial charge in [-0.05, 0) is 44.0 Å². The summed E-state index contributed by atoms with van der Waals surface area (Å²) in [6, 6.07) is 15.6. The molecule has 0 saturated carbocycles. The van der Waals surface area contributed by atoms with Gasteiger partial charge in [-0.2, -0.15) is 5.26 Å². The number of carbonyl (C=O) groups excluding carboxylic acids is 3. The Balaban J connectivity index is 2.39. The Morgan fingerprint density at radius 1 is 1.06 bits per heavy atom. The number of amides is 1. The van der Waals surface area contributed by atoms with Crippen LogP contribution < -0.4 is 16.0 Å². The summed E-state index contributed by atoms with van der Waals surface area (Å²) in [6.07, 6.45) is 0. The molecule has 0 aliphatic carbocycles. The summed E-state index contributed by atoms with van der Waals surface area (Å²) in [5.74, 6) is -3.04. The number of methoxy groups -OCH3 is 2. The Bertz CT molecular complexity index is 1310. The molecule has 0 radical (unpaired) electrons. The van der Waals surface area contributed by atoms with Gasteiger partial charge in [0.2, 0.25) is 0 Å². The Morgan fingerprint density at radius 3 is 2.25 bits per heavy atom. The van der Waals surface area contributed by atoms with Crippen molar-refractivity contribution in [3.8, 4) is 6.07 Å². The van der Waals surface area contributed by atoms with E-state index >= 15 is 0 Å². The molecule has 0 bridgehead atoms. The minimum absolute atomic E-state index is 0.0469. The van der Waals surface area contributed by atoms with Crippen LogP contribution in [0.5, 0.6) is 0 Å². The predicted octanol–water partition coefficient (Wildman–Crippen LogP) is 3.03. The molecule has 1 heterocycles. The van der Waals surface area contributed by atoms with Crippen LogP contribution in [-0.2, 0) is 19.1 Å². The van der Waals surface area contributed by atoms with Gasteiger partial charge in [0.25, 0.3) is 5.91 Å². The van der Waals surface area contributed by atoms with Crippen LogP contribution in [0.3, 0.4) is 0 Å². The van der Waals surface area contributed by atoms with Gasteiger partial charge in [-0.1, -0.05) is 36.4 Å².